The number of carbonyl (C=O) groups is 1. The van der Waals surface area contributed by atoms with Gasteiger partial charge >= 0.3 is 0 Å². The van der Waals surface area contributed by atoms with E-state index in [1.54, 1.807) is 6.07 Å². The third-order valence-corrected chi connectivity index (χ3v) is 3.27. The maximum Gasteiger partial charge on any atom is 0.257 e. The van der Waals surface area contributed by atoms with E-state index in [9.17, 15) is 4.79 Å². The Bertz CT molecular complexity index is 635. The first-order chi connectivity index (χ1) is 10.0. The van der Waals surface area contributed by atoms with Crippen molar-refractivity contribution < 1.29 is 4.79 Å². The number of hydrogen-bond acceptors (Lipinski definition) is 4. The van der Waals surface area contributed by atoms with Crippen molar-refractivity contribution >= 4 is 11.6 Å². The quantitative estimate of drug-likeness (QED) is 0.904. The zero-order valence-corrected chi connectivity index (χ0v) is 12.6. The molecule has 1 aromatic heterocycles. The second kappa shape index (κ2) is 6.45. The van der Waals surface area contributed by atoms with E-state index in [1.165, 1.54) is 0 Å². The molecule has 5 nitrogen and oxygen atoms in total. The van der Waals surface area contributed by atoms with Crippen molar-refractivity contribution in [2.24, 2.45) is 5.73 Å². The first-order valence-corrected chi connectivity index (χ1v) is 7.01. The predicted octanol–water partition coefficient (Wildman–Crippen LogP) is 2.62. The molecule has 110 valence electrons. The molecule has 0 aliphatic heterocycles. The van der Waals surface area contributed by atoms with E-state index in [-0.39, 0.29) is 11.9 Å². The minimum Gasteiger partial charge on any atom is -0.324 e. The lowest BCUT2D eigenvalue weighted by Crippen LogP contribution is -2.16. The number of benzene rings is 1. The Hall–Kier alpha value is -2.27. The van der Waals surface area contributed by atoms with E-state index in [4.69, 9.17) is 5.73 Å². The van der Waals surface area contributed by atoms with Crippen LogP contribution in [0.5, 0.6) is 0 Å². The van der Waals surface area contributed by atoms with Crippen molar-refractivity contribution in [2.45, 2.75) is 33.2 Å². The second-order valence-corrected chi connectivity index (χ2v) is 5.06. The number of anilines is 1. The number of amides is 1. The summed E-state index contributed by atoms with van der Waals surface area (Å²) in [5.74, 6) is -0.168. The number of rotatable bonds is 4. The van der Waals surface area contributed by atoms with E-state index in [0.29, 0.717) is 17.7 Å². The van der Waals surface area contributed by atoms with Gasteiger partial charge in [-0.15, -0.1) is 0 Å². The molecule has 0 radical (unpaired) electrons. The van der Waals surface area contributed by atoms with Gasteiger partial charge in [-0.3, -0.25) is 4.79 Å². The topological polar surface area (TPSA) is 80.9 Å². The van der Waals surface area contributed by atoms with Gasteiger partial charge < -0.3 is 11.1 Å². The van der Waals surface area contributed by atoms with Crippen molar-refractivity contribution in [1.82, 2.24) is 10.2 Å². The van der Waals surface area contributed by atoms with Crippen LogP contribution in [-0.4, -0.2) is 16.1 Å². The molecule has 0 saturated heterocycles. The summed E-state index contributed by atoms with van der Waals surface area (Å²) in [6.45, 7) is 5.70. The molecule has 3 N–H and O–H groups in total. The lowest BCUT2D eigenvalue weighted by atomic mass is 10.1. The standard InChI is InChI=1S/C16H20N4O/c1-4-15-14(9-10(2)19-20-15)16(21)18-13-7-5-12(6-8-13)11(3)17/h5-9,11H,4,17H2,1-3H3,(H,18,21). The summed E-state index contributed by atoms with van der Waals surface area (Å²) in [4.78, 5) is 12.4. The fraction of sp³-hybridized carbons (Fsp3) is 0.312. The maximum absolute atomic E-state index is 12.4. The molecule has 5 heteroatoms. The Morgan fingerprint density at radius 3 is 2.52 bits per heavy atom. The third-order valence-electron chi connectivity index (χ3n) is 3.27. The summed E-state index contributed by atoms with van der Waals surface area (Å²) >= 11 is 0. The second-order valence-electron chi connectivity index (χ2n) is 5.06. The Morgan fingerprint density at radius 1 is 1.29 bits per heavy atom. The molecule has 0 aliphatic carbocycles. The summed E-state index contributed by atoms with van der Waals surface area (Å²) in [5, 5.41) is 10.9. The number of aromatic nitrogens is 2. The number of carbonyl (C=O) groups excluding carboxylic acids is 1. The van der Waals surface area contributed by atoms with Crippen molar-refractivity contribution in [3.63, 3.8) is 0 Å². The number of nitrogens with zero attached hydrogens (tertiary/aromatic N) is 2. The maximum atomic E-state index is 12.4. The van der Waals surface area contributed by atoms with Gasteiger partial charge in [0, 0.05) is 11.7 Å². The first kappa shape index (κ1) is 15.1. The highest BCUT2D eigenvalue weighted by Crippen LogP contribution is 2.16. The fourth-order valence-corrected chi connectivity index (χ4v) is 2.04. The lowest BCUT2D eigenvalue weighted by Gasteiger charge is -2.10. The van der Waals surface area contributed by atoms with Gasteiger partial charge in [-0.1, -0.05) is 19.1 Å². The molecular formula is C16H20N4O. The van der Waals surface area contributed by atoms with Crippen LogP contribution in [-0.2, 0) is 6.42 Å². The lowest BCUT2D eigenvalue weighted by molar-refractivity contribution is 0.102. The number of aryl methyl sites for hydroxylation is 2. The zero-order chi connectivity index (χ0) is 15.4. The van der Waals surface area contributed by atoms with E-state index in [0.717, 1.165) is 16.9 Å². The molecule has 0 spiro atoms. The molecule has 1 amide bonds. The van der Waals surface area contributed by atoms with Crippen LogP contribution in [0.1, 0.15) is 47.2 Å². The molecule has 1 heterocycles. The molecule has 1 atom stereocenters. The fourth-order valence-electron chi connectivity index (χ4n) is 2.04. The van der Waals surface area contributed by atoms with Crippen LogP contribution < -0.4 is 11.1 Å². The van der Waals surface area contributed by atoms with Gasteiger partial charge in [0.2, 0.25) is 0 Å². The molecule has 1 unspecified atom stereocenters. The van der Waals surface area contributed by atoms with E-state index < -0.39 is 0 Å². The summed E-state index contributed by atoms with van der Waals surface area (Å²) < 4.78 is 0. The van der Waals surface area contributed by atoms with Gasteiger partial charge in [0.15, 0.2) is 0 Å². The van der Waals surface area contributed by atoms with Crippen molar-refractivity contribution in [3.8, 4) is 0 Å². The van der Waals surface area contributed by atoms with Crippen LogP contribution in [0.4, 0.5) is 5.69 Å². The average Bonchev–Trinajstić information content (AvgIpc) is 2.47. The highest BCUT2D eigenvalue weighted by Gasteiger charge is 2.13. The van der Waals surface area contributed by atoms with Gasteiger partial charge in [0.05, 0.1) is 17.0 Å². The minimum absolute atomic E-state index is 0.0199. The summed E-state index contributed by atoms with van der Waals surface area (Å²) in [6, 6.07) is 9.27. The zero-order valence-electron chi connectivity index (χ0n) is 12.6. The Morgan fingerprint density at radius 2 is 1.95 bits per heavy atom. The van der Waals surface area contributed by atoms with Gasteiger partial charge in [-0.05, 0) is 44.0 Å². The Kier molecular flexibility index (Phi) is 4.65. The van der Waals surface area contributed by atoms with Crippen molar-refractivity contribution in [1.29, 1.82) is 0 Å². The van der Waals surface area contributed by atoms with Crippen molar-refractivity contribution in [3.05, 3.63) is 52.8 Å². The molecule has 0 aliphatic rings. The van der Waals surface area contributed by atoms with Crippen LogP contribution in [0.15, 0.2) is 30.3 Å². The number of hydrogen-bond donors (Lipinski definition) is 2. The highest BCUT2D eigenvalue weighted by atomic mass is 16.1. The van der Waals surface area contributed by atoms with Crippen molar-refractivity contribution in [2.75, 3.05) is 5.32 Å². The molecule has 0 saturated carbocycles. The van der Waals surface area contributed by atoms with Crippen LogP contribution in [0.25, 0.3) is 0 Å². The SMILES string of the molecule is CCc1nnc(C)cc1C(=O)Nc1ccc(C(C)N)cc1. The molecule has 1 aromatic carbocycles. The summed E-state index contributed by atoms with van der Waals surface area (Å²) in [6.07, 6.45) is 0.666. The van der Waals surface area contributed by atoms with Crippen LogP contribution >= 0.6 is 0 Å². The van der Waals surface area contributed by atoms with Gasteiger partial charge in [0.25, 0.3) is 5.91 Å². The molecule has 2 aromatic rings. The summed E-state index contributed by atoms with van der Waals surface area (Å²) in [7, 11) is 0. The van der Waals surface area contributed by atoms with E-state index in [1.807, 2.05) is 45.0 Å². The minimum atomic E-state index is -0.168. The van der Waals surface area contributed by atoms with Crippen LogP contribution in [0, 0.1) is 6.92 Å². The third kappa shape index (κ3) is 3.64. The molecule has 0 bridgehead atoms. The smallest absolute Gasteiger partial charge is 0.257 e. The first-order valence-electron chi connectivity index (χ1n) is 7.01. The van der Waals surface area contributed by atoms with Gasteiger partial charge in [-0.2, -0.15) is 10.2 Å². The van der Waals surface area contributed by atoms with Gasteiger partial charge in [0.1, 0.15) is 0 Å². The number of nitrogens with one attached hydrogen (secondary N) is 1. The van der Waals surface area contributed by atoms with Crippen LogP contribution in [0.3, 0.4) is 0 Å². The Labute approximate surface area is 124 Å². The van der Waals surface area contributed by atoms with Gasteiger partial charge in [-0.25, -0.2) is 0 Å². The molecule has 21 heavy (non-hydrogen) atoms. The highest BCUT2D eigenvalue weighted by molar-refractivity contribution is 6.05. The normalized spacial score (nSPS) is 12.0. The predicted molar refractivity (Wildman–Crippen MR) is 83.1 cm³/mol. The van der Waals surface area contributed by atoms with Crippen LogP contribution in [0.2, 0.25) is 0 Å². The summed E-state index contributed by atoms with van der Waals surface area (Å²) in [5.41, 5.74) is 9.57. The molecule has 2 rings (SSSR count). The number of nitrogens with two attached hydrogens (primary N) is 1. The largest absolute Gasteiger partial charge is 0.324 e. The Balaban J connectivity index is 2.19. The molecular weight excluding hydrogens is 264 g/mol. The molecule has 0 fully saturated rings. The van der Waals surface area contributed by atoms with E-state index in [2.05, 4.69) is 15.5 Å². The average molecular weight is 284 g/mol. The van der Waals surface area contributed by atoms with E-state index >= 15 is 0 Å². The monoisotopic (exact) mass is 284 g/mol.